The van der Waals surface area contributed by atoms with Gasteiger partial charge in [0.25, 0.3) is 0 Å². The van der Waals surface area contributed by atoms with Gasteiger partial charge in [-0.3, -0.25) is 0 Å². The highest BCUT2D eigenvalue weighted by molar-refractivity contribution is 7.15. The monoisotopic (exact) mass is 181 g/mol. The van der Waals surface area contributed by atoms with Gasteiger partial charge in [-0.15, -0.1) is 11.3 Å². The van der Waals surface area contributed by atoms with Gasteiger partial charge >= 0.3 is 0 Å². The molecule has 0 atom stereocenters. The fourth-order valence-electron chi connectivity index (χ4n) is 1.56. The molecule has 2 rings (SSSR count). The topological polar surface area (TPSA) is 38.9 Å². The minimum Gasteiger partial charge on any atom is -0.375 e. The maximum Gasteiger partial charge on any atom is 0.180 e. The minimum atomic E-state index is 0.690. The second-order valence-corrected chi connectivity index (χ2v) is 4.35. The molecule has 65 valence electrons. The van der Waals surface area contributed by atoms with Gasteiger partial charge in [0.1, 0.15) is 0 Å². The Morgan fingerprint density at radius 2 is 2.33 bits per heavy atom. The largest absolute Gasteiger partial charge is 0.375 e. The number of nitrogens with two attached hydrogens (primary N) is 1. The van der Waals surface area contributed by atoms with Crippen molar-refractivity contribution in [3.8, 4) is 0 Å². The van der Waals surface area contributed by atoms with Crippen LogP contribution in [0.5, 0.6) is 0 Å². The van der Waals surface area contributed by atoms with Crippen LogP contribution >= 0.6 is 11.3 Å². The van der Waals surface area contributed by atoms with Gasteiger partial charge in [0.15, 0.2) is 5.13 Å². The van der Waals surface area contributed by atoms with E-state index in [1.807, 2.05) is 0 Å². The molecule has 1 saturated carbocycles. The van der Waals surface area contributed by atoms with Gasteiger partial charge in [-0.2, -0.15) is 0 Å². The fraction of sp³-hybridized carbons (Fsp3) is 0.556. The van der Waals surface area contributed by atoms with Crippen LogP contribution in [-0.2, 0) is 6.42 Å². The number of nitrogens with zero attached hydrogens (tertiary/aromatic N) is 1. The lowest BCUT2D eigenvalue weighted by molar-refractivity contribution is 0.411. The first-order valence-corrected chi connectivity index (χ1v) is 5.17. The van der Waals surface area contributed by atoms with Crippen LogP contribution in [0.4, 0.5) is 5.13 Å². The molecule has 0 unspecified atom stereocenters. The minimum absolute atomic E-state index is 0.690. The van der Waals surface area contributed by atoms with Crippen molar-refractivity contribution in [2.75, 3.05) is 5.73 Å². The van der Waals surface area contributed by atoms with Crippen LogP contribution in [0, 0.1) is 6.92 Å². The van der Waals surface area contributed by atoms with Crippen LogP contribution in [0.25, 0.3) is 0 Å². The number of hydrogen-bond acceptors (Lipinski definition) is 3. The Morgan fingerprint density at radius 1 is 1.58 bits per heavy atom. The highest BCUT2D eigenvalue weighted by Crippen LogP contribution is 2.39. The average molecular weight is 181 g/mol. The Labute approximate surface area is 76.8 Å². The molecule has 0 bridgehead atoms. The molecular weight excluding hydrogens is 168 g/mol. The molecule has 1 aliphatic carbocycles. The Morgan fingerprint density at radius 3 is 2.83 bits per heavy atom. The third kappa shape index (κ3) is 1.22. The number of hydrogen-bond donors (Lipinski definition) is 1. The first-order valence-electron chi connectivity index (χ1n) is 4.35. The molecule has 0 spiro atoms. The summed E-state index contributed by atoms with van der Waals surface area (Å²) in [6.45, 7) is 3.89. The number of nitrogen functional groups attached to an aromatic ring is 1. The van der Waals surface area contributed by atoms with Crippen molar-refractivity contribution in [3.05, 3.63) is 17.5 Å². The lowest BCUT2D eigenvalue weighted by atomic mass is 9.82. The quantitative estimate of drug-likeness (QED) is 0.760. The average Bonchev–Trinajstić information content (AvgIpc) is 2.27. The smallest absolute Gasteiger partial charge is 0.180 e. The second-order valence-electron chi connectivity index (χ2n) is 3.24. The summed E-state index contributed by atoms with van der Waals surface area (Å²) in [5.41, 5.74) is 6.89. The van der Waals surface area contributed by atoms with Crippen LogP contribution in [0.15, 0.2) is 0 Å². The van der Waals surface area contributed by atoms with E-state index in [0.29, 0.717) is 11.0 Å². The summed E-state index contributed by atoms with van der Waals surface area (Å²) in [5, 5.41) is 0.704. The summed E-state index contributed by atoms with van der Waals surface area (Å²) in [6, 6.07) is 0. The van der Waals surface area contributed by atoms with E-state index in [1.165, 1.54) is 29.8 Å². The molecule has 0 aliphatic heterocycles. The summed E-state index contributed by atoms with van der Waals surface area (Å²) < 4.78 is 0. The molecule has 12 heavy (non-hydrogen) atoms. The van der Waals surface area contributed by atoms with E-state index in [1.54, 1.807) is 11.3 Å². The number of rotatable bonds is 2. The van der Waals surface area contributed by atoms with E-state index in [2.05, 4.69) is 11.9 Å². The molecule has 3 heteroatoms. The van der Waals surface area contributed by atoms with E-state index in [9.17, 15) is 0 Å². The van der Waals surface area contributed by atoms with E-state index in [-0.39, 0.29) is 0 Å². The summed E-state index contributed by atoms with van der Waals surface area (Å²) >= 11 is 1.60. The van der Waals surface area contributed by atoms with Gasteiger partial charge in [-0.25, -0.2) is 4.98 Å². The Balaban J connectivity index is 2.27. The zero-order valence-corrected chi connectivity index (χ0v) is 7.86. The summed E-state index contributed by atoms with van der Waals surface area (Å²) in [4.78, 5) is 5.65. The first-order chi connectivity index (χ1) is 5.81. The molecule has 1 aromatic rings. The van der Waals surface area contributed by atoms with Crippen molar-refractivity contribution >= 4 is 16.5 Å². The van der Waals surface area contributed by atoms with Gasteiger partial charge in [-0.05, 0) is 26.2 Å². The molecule has 2 N–H and O–H groups in total. The van der Waals surface area contributed by atoms with Crippen LogP contribution in [0.1, 0.15) is 35.8 Å². The predicted molar refractivity (Wildman–Crippen MR) is 52.2 cm³/mol. The standard InChI is InChI=1S/C9H13N2S/c1-2-7-8(6-4-3-5-6)11-9(10)12-7/h6H,1-5H2,(H2,10,11). The highest BCUT2D eigenvalue weighted by atomic mass is 32.1. The van der Waals surface area contributed by atoms with E-state index in [4.69, 9.17) is 5.73 Å². The summed E-state index contributed by atoms with van der Waals surface area (Å²) in [7, 11) is 0. The number of thiazole rings is 1. The molecule has 0 saturated heterocycles. The van der Waals surface area contributed by atoms with Crippen molar-refractivity contribution < 1.29 is 0 Å². The van der Waals surface area contributed by atoms with E-state index >= 15 is 0 Å². The van der Waals surface area contributed by atoms with Crippen LogP contribution in [0.2, 0.25) is 0 Å². The molecule has 0 aromatic carbocycles. The maximum absolute atomic E-state index is 5.65. The van der Waals surface area contributed by atoms with Gasteiger partial charge in [0.2, 0.25) is 0 Å². The molecule has 1 radical (unpaired) electrons. The van der Waals surface area contributed by atoms with Crippen LogP contribution in [0.3, 0.4) is 0 Å². The predicted octanol–water partition coefficient (Wildman–Crippen LogP) is 2.37. The molecule has 0 amide bonds. The van der Waals surface area contributed by atoms with Gasteiger partial charge in [0.05, 0.1) is 5.69 Å². The number of anilines is 1. The summed E-state index contributed by atoms with van der Waals surface area (Å²) in [6.07, 6.45) is 4.76. The zero-order chi connectivity index (χ0) is 8.55. The first kappa shape index (κ1) is 8.05. The Hall–Kier alpha value is -0.570. The van der Waals surface area contributed by atoms with Crippen molar-refractivity contribution in [2.24, 2.45) is 0 Å². The molecular formula is C9H13N2S. The van der Waals surface area contributed by atoms with Crippen molar-refractivity contribution in [1.29, 1.82) is 0 Å². The Kier molecular flexibility index (Phi) is 2.05. The van der Waals surface area contributed by atoms with Gasteiger partial charge < -0.3 is 5.73 Å². The maximum atomic E-state index is 5.65. The third-order valence-corrected chi connectivity index (χ3v) is 3.42. The third-order valence-electron chi connectivity index (χ3n) is 2.46. The van der Waals surface area contributed by atoms with Crippen LogP contribution < -0.4 is 5.73 Å². The normalized spacial score (nSPS) is 17.8. The van der Waals surface area contributed by atoms with E-state index in [0.717, 1.165) is 6.42 Å². The number of aromatic nitrogens is 1. The lowest BCUT2D eigenvalue weighted by Crippen LogP contribution is -2.10. The fourth-order valence-corrected chi connectivity index (χ4v) is 2.38. The highest BCUT2D eigenvalue weighted by Gasteiger charge is 2.24. The summed E-state index contributed by atoms with van der Waals surface area (Å²) in [5.74, 6) is 0.690. The Bertz CT molecular complexity index is 276. The van der Waals surface area contributed by atoms with Gasteiger partial charge in [0, 0.05) is 10.8 Å². The SMILES string of the molecule is [CH2]Cc1sc(N)nc1C1CCC1. The van der Waals surface area contributed by atoms with Crippen LogP contribution in [-0.4, -0.2) is 4.98 Å². The molecule has 1 aliphatic rings. The van der Waals surface area contributed by atoms with Crippen molar-refractivity contribution in [1.82, 2.24) is 4.98 Å². The molecule has 1 heterocycles. The van der Waals surface area contributed by atoms with Crippen molar-refractivity contribution in [3.63, 3.8) is 0 Å². The molecule has 1 aromatic heterocycles. The molecule has 2 nitrogen and oxygen atoms in total. The zero-order valence-electron chi connectivity index (χ0n) is 7.05. The molecule has 1 fully saturated rings. The second kappa shape index (κ2) is 3.05. The lowest BCUT2D eigenvalue weighted by Gasteiger charge is -2.24. The van der Waals surface area contributed by atoms with Gasteiger partial charge in [-0.1, -0.05) is 6.42 Å². The van der Waals surface area contributed by atoms with Crippen molar-refractivity contribution in [2.45, 2.75) is 31.6 Å². The van der Waals surface area contributed by atoms with E-state index < -0.39 is 0 Å².